The summed E-state index contributed by atoms with van der Waals surface area (Å²) in [6.07, 6.45) is 7.06. The zero-order chi connectivity index (χ0) is 8.97. The number of aliphatic carboxylic acids is 1. The highest BCUT2D eigenvalue weighted by Crippen LogP contribution is 2.21. The molecular formula is C9H15NO2. The predicted octanol–water partition coefficient (Wildman–Crippen LogP) is 1.02. The number of carboxylic acid groups (broad SMARTS) is 1. The maximum absolute atomic E-state index is 10.7. The van der Waals surface area contributed by atoms with E-state index in [1.54, 1.807) is 7.05 Å². The number of allylic oxidation sites excluding steroid dienone is 2. The first kappa shape index (κ1) is 9.26. The summed E-state index contributed by atoms with van der Waals surface area (Å²) >= 11 is 0. The largest absolute Gasteiger partial charge is 0.480 e. The van der Waals surface area contributed by atoms with Crippen LogP contribution in [0, 0.1) is 5.92 Å². The SMILES string of the molecule is CNC(C(=O)O)C1CC=CCC1. The maximum atomic E-state index is 10.7. The van der Waals surface area contributed by atoms with Crippen LogP contribution < -0.4 is 5.32 Å². The van der Waals surface area contributed by atoms with Crippen molar-refractivity contribution in [1.82, 2.24) is 5.32 Å². The molecule has 0 aliphatic heterocycles. The second-order valence-corrected chi connectivity index (χ2v) is 3.15. The Kier molecular flexibility index (Phi) is 3.29. The number of nitrogens with one attached hydrogen (secondary N) is 1. The average molecular weight is 169 g/mol. The molecule has 0 spiro atoms. The summed E-state index contributed by atoms with van der Waals surface area (Å²) in [5.74, 6) is -0.477. The number of hydrogen-bond donors (Lipinski definition) is 2. The minimum atomic E-state index is -0.738. The fraction of sp³-hybridized carbons (Fsp3) is 0.667. The fourth-order valence-electron chi connectivity index (χ4n) is 1.68. The molecule has 0 fully saturated rings. The van der Waals surface area contributed by atoms with Crippen LogP contribution in [0.3, 0.4) is 0 Å². The molecule has 3 nitrogen and oxygen atoms in total. The van der Waals surface area contributed by atoms with Gasteiger partial charge in [-0.3, -0.25) is 4.79 Å². The van der Waals surface area contributed by atoms with Crippen molar-refractivity contribution in [1.29, 1.82) is 0 Å². The molecule has 0 bridgehead atoms. The number of likely N-dealkylation sites (N-methyl/N-ethyl adjacent to an activating group) is 1. The molecule has 2 unspecified atom stereocenters. The van der Waals surface area contributed by atoms with Crippen LogP contribution in [-0.4, -0.2) is 24.2 Å². The van der Waals surface area contributed by atoms with Crippen LogP contribution in [0.5, 0.6) is 0 Å². The lowest BCUT2D eigenvalue weighted by molar-refractivity contribution is -0.140. The molecule has 0 amide bonds. The van der Waals surface area contributed by atoms with Crippen molar-refractivity contribution in [2.24, 2.45) is 5.92 Å². The minimum Gasteiger partial charge on any atom is -0.480 e. The van der Waals surface area contributed by atoms with E-state index < -0.39 is 5.97 Å². The van der Waals surface area contributed by atoms with Crippen molar-refractivity contribution in [2.75, 3.05) is 7.05 Å². The fourth-order valence-corrected chi connectivity index (χ4v) is 1.68. The standard InChI is InChI=1S/C9H15NO2/c1-10-8(9(11)12)7-5-3-2-4-6-7/h2-3,7-8,10H,4-6H2,1H3,(H,11,12). The van der Waals surface area contributed by atoms with Gasteiger partial charge in [-0.25, -0.2) is 0 Å². The van der Waals surface area contributed by atoms with E-state index in [4.69, 9.17) is 5.11 Å². The highest BCUT2D eigenvalue weighted by atomic mass is 16.4. The van der Waals surface area contributed by atoms with E-state index in [9.17, 15) is 4.79 Å². The quantitative estimate of drug-likeness (QED) is 0.620. The zero-order valence-electron chi connectivity index (χ0n) is 7.29. The van der Waals surface area contributed by atoms with Gasteiger partial charge < -0.3 is 10.4 Å². The lowest BCUT2D eigenvalue weighted by Crippen LogP contribution is -2.41. The molecule has 0 saturated heterocycles. The van der Waals surface area contributed by atoms with Gasteiger partial charge >= 0.3 is 5.97 Å². The van der Waals surface area contributed by atoms with Crippen molar-refractivity contribution >= 4 is 5.97 Å². The van der Waals surface area contributed by atoms with Gasteiger partial charge in [-0.05, 0) is 32.2 Å². The molecule has 0 radical (unpaired) electrons. The van der Waals surface area contributed by atoms with Gasteiger partial charge in [-0.15, -0.1) is 0 Å². The van der Waals surface area contributed by atoms with Gasteiger partial charge in [0.05, 0.1) is 0 Å². The first-order valence-corrected chi connectivity index (χ1v) is 4.30. The van der Waals surface area contributed by atoms with Gasteiger partial charge in [0.2, 0.25) is 0 Å². The van der Waals surface area contributed by atoms with Crippen molar-refractivity contribution in [2.45, 2.75) is 25.3 Å². The Morgan fingerprint density at radius 3 is 2.83 bits per heavy atom. The Morgan fingerprint density at radius 1 is 1.67 bits per heavy atom. The van der Waals surface area contributed by atoms with E-state index in [0.717, 1.165) is 19.3 Å². The highest BCUT2D eigenvalue weighted by Gasteiger charge is 2.25. The Bertz CT molecular complexity index is 189. The van der Waals surface area contributed by atoms with Crippen LogP contribution in [0.1, 0.15) is 19.3 Å². The van der Waals surface area contributed by atoms with E-state index in [-0.39, 0.29) is 12.0 Å². The molecule has 12 heavy (non-hydrogen) atoms. The molecule has 0 aromatic rings. The van der Waals surface area contributed by atoms with E-state index >= 15 is 0 Å². The summed E-state index contributed by atoms with van der Waals surface area (Å²) in [6.45, 7) is 0. The third-order valence-corrected chi connectivity index (χ3v) is 2.36. The van der Waals surface area contributed by atoms with E-state index in [1.807, 2.05) is 0 Å². The Hall–Kier alpha value is -0.830. The third kappa shape index (κ3) is 2.08. The molecule has 1 rings (SSSR count). The van der Waals surface area contributed by atoms with E-state index in [2.05, 4.69) is 17.5 Å². The molecule has 2 N–H and O–H groups in total. The van der Waals surface area contributed by atoms with Crippen LogP contribution in [0.4, 0.5) is 0 Å². The topological polar surface area (TPSA) is 49.3 Å². The van der Waals surface area contributed by atoms with Crippen molar-refractivity contribution in [3.8, 4) is 0 Å². The van der Waals surface area contributed by atoms with Gasteiger partial charge in [0.25, 0.3) is 0 Å². The summed E-state index contributed by atoms with van der Waals surface area (Å²) < 4.78 is 0. The molecule has 0 aromatic carbocycles. The number of rotatable bonds is 3. The number of carbonyl (C=O) groups is 1. The average Bonchev–Trinajstić information content (AvgIpc) is 2.07. The maximum Gasteiger partial charge on any atom is 0.320 e. The third-order valence-electron chi connectivity index (χ3n) is 2.36. The highest BCUT2D eigenvalue weighted by molar-refractivity contribution is 5.73. The van der Waals surface area contributed by atoms with Gasteiger partial charge in [0.15, 0.2) is 0 Å². The molecule has 1 aliphatic rings. The second kappa shape index (κ2) is 4.26. The molecule has 0 aromatic heterocycles. The lowest BCUT2D eigenvalue weighted by Gasteiger charge is -2.23. The Balaban J connectivity index is 2.53. The lowest BCUT2D eigenvalue weighted by atomic mass is 9.88. The zero-order valence-corrected chi connectivity index (χ0v) is 7.29. The monoisotopic (exact) mass is 169 g/mol. The van der Waals surface area contributed by atoms with E-state index in [1.165, 1.54) is 0 Å². The van der Waals surface area contributed by atoms with Crippen molar-refractivity contribution < 1.29 is 9.90 Å². The minimum absolute atomic E-state index is 0.262. The normalized spacial score (nSPS) is 25.2. The molecular weight excluding hydrogens is 154 g/mol. The molecule has 68 valence electrons. The Labute approximate surface area is 72.5 Å². The molecule has 0 saturated carbocycles. The summed E-state index contributed by atoms with van der Waals surface area (Å²) in [5, 5.41) is 11.7. The number of hydrogen-bond acceptors (Lipinski definition) is 2. The molecule has 0 heterocycles. The smallest absolute Gasteiger partial charge is 0.320 e. The van der Waals surface area contributed by atoms with Crippen LogP contribution in [0.15, 0.2) is 12.2 Å². The first-order valence-electron chi connectivity index (χ1n) is 4.30. The number of carboxylic acids is 1. The van der Waals surface area contributed by atoms with Crippen molar-refractivity contribution in [3.05, 3.63) is 12.2 Å². The Morgan fingerprint density at radius 2 is 2.42 bits per heavy atom. The van der Waals surface area contributed by atoms with Gasteiger partial charge in [-0.2, -0.15) is 0 Å². The first-order chi connectivity index (χ1) is 5.75. The predicted molar refractivity (Wildman–Crippen MR) is 47.0 cm³/mol. The van der Waals surface area contributed by atoms with Crippen LogP contribution in [-0.2, 0) is 4.79 Å². The molecule has 3 heteroatoms. The summed E-state index contributed by atoms with van der Waals surface area (Å²) in [7, 11) is 1.71. The van der Waals surface area contributed by atoms with Gasteiger partial charge in [0, 0.05) is 0 Å². The van der Waals surface area contributed by atoms with Gasteiger partial charge in [-0.1, -0.05) is 12.2 Å². The van der Waals surface area contributed by atoms with Crippen LogP contribution in [0.25, 0.3) is 0 Å². The summed E-state index contributed by atoms with van der Waals surface area (Å²) in [5.41, 5.74) is 0. The van der Waals surface area contributed by atoms with E-state index in [0.29, 0.717) is 0 Å². The second-order valence-electron chi connectivity index (χ2n) is 3.15. The summed E-state index contributed by atoms with van der Waals surface area (Å²) in [6, 6.07) is -0.380. The van der Waals surface area contributed by atoms with Crippen LogP contribution in [0.2, 0.25) is 0 Å². The van der Waals surface area contributed by atoms with Gasteiger partial charge in [0.1, 0.15) is 6.04 Å². The molecule has 2 atom stereocenters. The molecule has 1 aliphatic carbocycles. The van der Waals surface area contributed by atoms with Crippen LogP contribution >= 0.6 is 0 Å². The van der Waals surface area contributed by atoms with Crippen molar-refractivity contribution in [3.63, 3.8) is 0 Å². The summed E-state index contributed by atoms with van der Waals surface area (Å²) in [4.78, 5) is 10.7.